The summed E-state index contributed by atoms with van der Waals surface area (Å²) in [7, 11) is 0. The fourth-order valence-electron chi connectivity index (χ4n) is 2.71. The summed E-state index contributed by atoms with van der Waals surface area (Å²) in [5.74, 6) is 0. The summed E-state index contributed by atoms with van der Waals surface area (Å²) in [4.78, 5) is 2.47. The van der Waals surface area contributed by atoms with E-state index in [9.17, 15) is 5.11 Å². The predicted octanol–water partition coefficient (Wildman–Crippen LogP) is 0.992. The Labute approximate surface area is 111 Å². The number of morpholine rings is 1. The third-order valence-corrected chi connectivity index (χ3v) is 4.30. The van der Waals surface area contributed by atoms with Crippen molar-refractivity contribution < 1.29 is 9.84 Å². The second-order valence-corrected chi connectivity index (χ2v) is 5.77. The van der Waals surface area contributed by atoms with E-state index in [-0.39, 0.29) is 12.1 Å². The maximum absolute atomic E-state index is 9.69. The molecule has 18 heavy (non-hydrogen) atoms. The molecule has 2 fully saturated rings. The largest absolute Gasteiger partial charge is 0.394 e. The fourth-order valence-corrected chi connectivity index (χ4v) is 2.71. The highest BCUT2D eigenvalue weighted by Gasteiger charge is 2.34. The Kier molecular flexibility index (Phi) is 5.42. The van der Waals surface area contributed by atoms with Crippen LogP contribution in [0.15, 0.2) is 0 Å². The van der Waals surface area contributed by atoms with Crippen molar-refractivity contribution in [1.82, 2.24) is 10.2 Å². The van der Waals surface area contributed by atoms with E-state index in [0.29, 0.717) is 6.04 Å². The van der Waals surface area contributed by atoms with Crippen LogP contribution in [-0.2, 0) is 4.74 Å². The van der Waals surface area contributed by atoms with Gasteiger partial charge in [-0.2, -0.15) is 0 Å². The first-order valence-electron chi connectivity index (χ1n) is 7.47. The molecule has 2 rings (SSSR count). The lowest BCUT2D eigenvalue weighted by Gasteiger charge is -2.34. The van der Waals surface area contributed by atoms with Crippen LogP contribution in [0.25, 0.3) is 0 Å². The zero-order valence-corrected chi connectivity index (χ0v) is 11.7. The van der Waals surface area contributed by atoms with Crippen molar-refractivity contribution in [1.29, 1.82) is 0 Å². The number of rotatable bonds is 8. The van der Waals surface area contributed by atoms with Gasteiger partial charge in [-0.3, -0.25) is 4.90 Å². The van der Waals surface area contributed by atoms with Crippen LogP contribution in [0.4, 0.5) is 0 Å². The van der Waals surface area contributed by atoms with Gasteiger partial charge in [0.25, 0.3) is 0 Å². The Morgan fingerprint density at radius 1 is 1.33 bits per heavy atom. The molecule has 1 saturated carbocycles. The molecular weight excluding hydrogens is 228 g/mol. The van der Waals surface area contributed by atoms with Gasteiger partial charge in [0, 0.05) is 24.7 Å². The molecule has 0 spiro atoms. The quantitative estimate of drug-likeness (QED) is 0.680. The molecule has 1 heterocycles. The molecule has 106 valence electrons. The minimum Gasteiger partial charge on any atom is -0.394 e. The third kappa shape index (κ3) is 4.19. The highest BCUT2D eigenvalue weighted by molar-refractivity contribution is 4.94. The third-order valence-electron chi connectivity index (χ3n) is 4.30. The maximum Gasteiger partial charge on any atom is 0.0613 e. The molecule has 0 aromatic rings. The van der Waals surface area contributed by atoms with Crippen molar-refractivity contribution in [3.8, 4) is 0 Å². The van der Waals surface area contributed by atoms with E-state index in [1.165, 1.54) is 12.8 Å². The Morgan fingerprint density at radius 2 is 2.06 bits per heavy atom. The Hall–Kier alpha value is -0.160. The summed E-state index contributed by atoms with van der Waals surface area (Å²) in [5, 5.41) is 13.3. The van der Waals surface area contributed by atoms with Crippen molar-refractivity contribution >= 4 is 0 Å². The lowest BCUT2D eigenvalue weighted by molar-refractivity contribution is 0.0350. The maximum atomic E-state index is 9.69. The van der Waals surface area contributed by atoms with Crippen LogP contribution in [0.3, 0.4) is 0 Å². The van der Waals surface area contributed by atoms with Gasteiger partial charge in [0.05, 0.1) is 19.8 Å². The van der Waals surface area contributed by atoms with E-state index >= 15 is 0 Å². The number of aliphatic hydroxyl groups is 1. The number of hydrogen-bond donors (Lipinski definition) is 2. The highest BCUT2D eigenvalue weighted by atomic mass is 16.5. The number of ether oxygens (including phenoxy) is 1. The molecule has 4 nitrogen and oxygen atoms in total. The van der Waals surface area contributed by atoms with Crippen LogP contribution < -0.4 is 5.32 Å². The molecule has 1 unspecified atom stereocenters. The van der Waals surface area contributed by atoms with Gasteiger partial charge in [0.1, 0.15) is 0 Å². The minimum atomic E-state index is -0.0343. The zero-order chi connectivity index (χ0) is 12.8. The second kappa shape index (κ2) is 6.85. The second-order valence-electron chi connectivity index (χ2n) is 5.77. The van der Waals surface area contributed by atoms with Crippen molar-refractivity contribution in [3.05, 3.63) is 0 Å². The molecule has 0 bridgehead atoms. The normalized spacial score (nSPS) is 25.0. The molecule has 1 atom stereocenters. The summed E-state index contributed by atoms with van der Waals surface area (Å²) in [6.45, 7) is 7.46. The van der Waals surface area contributed by atoms with Crippen LogP contribution >= 0.6 is 0 Å². The molecule has 4 heteroatoms. The van der Waals surface area contributed by atoms with E-state index in [1.807, 2.05) is 0 Å². The fraction of sp³-hybridized carbons (Fsp3) is 1.00. The molecule has 1 aliphatic heterocycles. The molecule has 0 aromatic carbocycles. The molecule has 2 N–H and O–H groups in total. The molecular formula is C14H28N2O2. The van der Waals surface area contributed by atoms with Gasteiger partial charge in [-0.15, -0.1) is 0 Å². The van der Waals surface area contributed by atoms with E-state index in [0.717, 1.165) is 52.1 Å². The molecule has 0 amide bonds. The van der Waals surface area contributed by atoms with Crippen molar-refractivity contribution in [2.75, 3.05) is 39.5 Å². The van der Waals surface area contributed by atoms with Gasteiger partial charge in [-0.1, -0.05) is 6.92 Å². The minimum absolute atomic E-state index is 0.0343. The molecule has 0 aromatic heterocycles. The monoisotopic (exact) mass is 256 g/mol. The number of hydrogen-bond acceptors (Lipinski definition) is 4. The Balaban J connectivity index is 1.70. The van der Waals surface area contributed by atoms with Crippen LogP contribution in [0.1, 0.15) is 39.0 Å². The first kappa shape index (κ1) is 14.3. The summed E-state index contributed by atoms with van der Waals surface area (Å²) >= 11 is 0. The van der Waals surface area contributed by atoms with Crippen molar-refractivity contribution in [2.45, 2.75) is 50.6 Å². The van der Waals surface area contributed by atoms with Crippen LogP contribution in [-0.4, -0.2) is 61.0 Å². The standard InChI is InChI=1S/C14H28N2O2/c1-2-14(12-17,15-13-4-5-13)6-3-7-16-8-10-18-11-9-16/h13,15,17H,2-12H2,1H3. The van der Waals surface area contributed by atoms with Crippen molar-refractivity contribution in [2.24, 2.45) is 0 Å². The van der Waals surface area contributed by atoms with Crippen LogP contribution in [0, 0.1) is 0 Å². The lowest BCUT2D eigenvalue weighted by atomic mass is 9.91. The van der Waals surface area contributed by atoms with Crippen LogP contribution in [0.2, 0.25) is 0 Å². The lowest BCUT2D eigenvalue weighted by Crippen LogP contribution is -2.49. The van der Waals surface area contributed by atoms with Gasteiger partial charge >= 0.3 is 0 Å². The molecule has 0 radical (unpaired) electrons. The average molecular weight is 256 g/mol. The van der Waals surface area contributed by atoms with Gasteiger partial charge in [-0.25, -0.2) is 0 Å². The number of nitrogens with one attached hydrogen (secondary N) is 1. The Morgan fingerprint density at radius 3 is 2.61 bits per heavy atom. The van der Waals surface area contributed by atoms with Gasteiger partial charge in [0.15, 0.2) is 0 Å². The Bertz CT molecular complexity index is 234. The first-order chi connectivity index (χ1) is 8.78. The van der Waals surface area contributed by atoms with Gasteiger partial charge in [-0.05, 0) is 38.6 Å². The molecule has 2 aliphatic rings. The summed E-state index contributed by atoms with van der Waals surface area (Å²) in [6, 6.07) is 0.667. The summed E-state index contributed by atoms with van der Waals surface area (Å²) in [5.41, 5.74) is -0.0343. The predicted molar refractivity (Wildman–Crippen MR) is 72.8 cm³/mol. The SMILES string of the molecule is CCC(CO)(CCCN1CCOCC1)NC1CC1. The molecule has 1 aliphatic carbocycles. The van der Waals surface area contributed by atoms with Crippen LogP contribution in [0.5, 0.6) is 0 Å². The van der Waals surface area contributed by atoms with E-state index in [4.69, 9.17) is 4.74 Å². The smallest absolute Gasteiger partial charge is 0.0613 e. The van der Waals surface area contributed by atoms with Gasteiger partial charge < -0.3 is 15.2 Å². The average Bonchev–Trinajstić information content (AvgIpc) is 3.23. The highest BCUT2D eigenvalue weighted by Crippen LogP contribution is 2.26. The topological polar surface area (TPSA) is 44.7 Å². The summed E-state index contributed by atoms with van der Waals surface area (Å²) < 4.78 is 5.36. The van der Waals surface area contributed by atoms with Gasteiger partial charge in [0.2, 0.25) is 0 Å². The first-order valence-corrected chi connectivity index (χ1v) is 7.47. The molecule has 1 saturated heterocycles. The summed E-state index contributed by atoms with van der Waals surface area (Å²) in [6.07, 6.45) is 5.82. The van der Waals surface area contributed by atoms with E-state index in [1.54, 1.807) is 0 Å². The number of nitrogens with zero attached hydrogens (tertiary/aromatic N) is 1. The van der Waals surface area contributed by atoms with E-state index in [2.05, 4.69) is 17.1 Å². The zero-order valence-electron chi connectivity index (χ0n) is 11.7. The number of aliphatic hydroxyl groups excluding tert-OH is 1. The van der Waals surface area contributed by atoms with E-state index < -0.39 is 0 Å². The van der Waals surface area contributed by atoms with Crippen molar-refractivity contribution in [3.63, 3.8) is 0 Å².